The van der Waals surface area contributed by atoms with Crippen LogP contribution in [0.25, 0.3) is 10.8 Å². The summed E-state index contributed by atoms with van der Waals surface area (Å²) in [5.74, 6) is -0.208. The van der Waals surface area contributed by atoms with Gasteiger partial charge in [-0.2, -0.15) is 0 Å². The van der Waals surface area contributed by atoms with Gasteiger partial charge in [-0.3, -0.25) is 4.79 Å². The summed E-state index contributed by atoms with van der Waals surface area (Å²) >= 11 is 0. The number of carbonyl (C=O) groups is 1. The third-order valence-corrected chi connectivity index (χ3v) is 4.86. The van der Waals surface area contributed by atoms with Crippen LogP contribution in [0, 0.1) is 0 Å². The lowest BCUT2D eigenvalue weighted by Crippen LogP contribution is -2.32. The van der Waals surface area contributed by atoms with E-state index in [2.05, 4.69) is 0 Å². The first-order chi connectivity index (χ1) is 9.47. The molecule has 2 N–H and O–H groups in total. The molecule has 0 radical (unpaired) electrons. The molecule has 6 heteroatoms. The van der Waals surface area contributed by atoms with Crippen LogP contribution in [-0.2, 0) is 14.8 Å². The highest BCUT2D eigenvalue weighted by atomic mass is 32.2. The van der Waals surface area contributed by atoms with Crippen molar-refractivity contribution in [3.63, 3.8) is 0 Å². The molecule has 1 heterocycles. The number of amides is 1. The SMILES string of the molecule is NS(=O)(=O)C1CC(=O)N(c2cccc3ccccc23)C1. The van der Waals surface area contributed by atoms with Crippen LogP contribution in [0.5, 0.6) is 0 Å². The topological polar surface area (TPSA) is 80.5 Å². The lowest BCUT2D eigenvalue weighted by molar-refractivity contribution is -0.117. The van der Waals surface area contributed by atoms with Gasteiger partial charge in [-0.1, -0.05) is 36.4 Å². The molecule has 2 aromatic carbocycles. The Bertz CT molecular complexity index is 781. The minimum absolute atomic E-state index is 0.0535. The zero-order valence-corrected chi connectivity index (χ0v) is 11.5. The molecule has 5 nitrogen and oxygen atoms in total. The standard InChI is InChI=1S/C14H14N2O3S/c15-20(18,19)11-8-14(17)16(9-11)13-7-3-5-10-4-1-2-6-12(10)13/h1-7,11H,8-9H2,(H2,15,18,19). The Kier molecular flexibility index (Phi) is 2.99. The fourth-order valence-corrected chi connectivity index (χ4v) is 3.30. The van der Waals surface area contributed by atoms with Crippen molar-refractivity contribution in [2.75, 3.05) is 11.4 Å². The van der Waals surface area contributed by atoms with Gasteiger partial charge < -0.3 is 4.90 Å². The number of nitrogens with two attached hydrogens (primary N) is 1. The molecule has 1 atom stereocenters. The second-order valence-electron chi connectivity index (χ2n) is 4.92. The molecule has 1 aliphatic heterocycles. The molecule has 104 valence electrons. The van der Waals surface area contributed by atoms with Gasteiger partial charge in [0.1, 0.15) is 5.25 Å². The molecule has 0 aliphatic carbocycles. The molecule has 1 fully saturated rings. The number of hydrogen-bond acceptors (Lipinski definition) is 3. The van der Waals surface area contributed by atoms with Crippen molar-refractivity contribution < 1.29 is 13.2 Å². The third kappa shape index (κ3) is 2.17. The van der Waals surface area contributed by atoms with Crippen molar-refractivity contribution in [3.05, 3.63) is 42.5 Å². The van der Waals surface area contributed by atoms with E-state index in [4.69, 9.17) is 5.14 Å². The molecule has 0 spiro atoms. The number of fused-ring (bicyclic) bond motifs is 1. The van der Waals surface area contributed by atoms with Crippen molar-refractivity contribution in [3.8, 4) is 0 Å². The molecule has 3 rings (SSSR count). The first-order valence-electron chi connectivity index (χ1n) is 6.26. The van der Waals surface area contributed by atoms with Gasteiger partial charge in [0, 0.05) is 18.4 Å². The summed E-state index contributed by atoms with van der Waals surface area (Å²) in [6.45, 7) is 0.117. The maximum absolute atomic E-state index is 12.1. The fourth-order valence-electron chi connectivity index (χ4n) is 2.57. The predicted octanol–water partition coefficient (Wildman–Crippen LogP) is 1.23. The van der Waals surface area contributed by atoms with Crippen LogP contribution in [0.2, 0.25) is 0 Å². The van der Waals surface area contributed by atoms with Crippen LogP contribution in [0.1, 0.15) is 6.42 Å². The van der Waals surface area contributed by atoms with E-state index in [9.17, 15) is 13.2 Å². The summed E-state index contributed by atoms with van der Waals surface area (Å²) in [7, 11) is -3.69. The molecule has 1 unspecified atom stereocenters. The van der Waals surface area contributed by atoms with Gasteiger partial charge in [0.2, 0.25) is 15.9 Å². The number of benzene rings is 2. The highest BCUT2D eigenvalue weighted by Gasteiger charge is 2.37. The van der Waals surface area contributed by atoms with Crippen LogP contribution in [0.3, 0.4) is 0 Å². The Labute approximate surface area is 117 Å². The Morgan fingerprint density at radius 3 is 2.50 bits per heavy atom. The van der Waals surface area contributed by atoms with E-state index < -0.39 is 15.3 Å². The van der Waals surface area contributed by atoms with Crippen LogP contribution in [0.4, 0.5) is 5.69 Å². The Morgan fingerprint density at radius 1 is 1.10 bits per heavy atom. The molecule has 0 bridgehead atoms. The first-order valence-corrected chi connectivity index (χ1v) is 7.87. The lowest BCUT2D eigenvalue weighted by atomic mass is 10.1. The first kappa shape index (κ1) is 13.1. The zero-order valence-electron chi connectivity index (χ0n) is 10.7. The van der Waals surface area contributed by atoms with Crippen molar-refractivity contribution in [2.45, 2.75) is 11.7 Å². The van der Waals surface area contributed by atoms with E-state index in [1.54, 1.807) is 0 Å². The lowest BCUT2D eigenvalue weighted by Gasteiger charge is -2.18. The monoisotopic (exact) mass is 290 g/mol. The van der Waals surface area contributed by atoms with E-state index in [0.717, 1.165) is 16.5 Å². The van der Waals surface area contributed by atoms with Gasteiger partial charge >= 0.3 is 0 Å². The average Bonchev–Trinajstić information content (AvgIpc) is 2.80. The van der Waals surface area contributed by atoms with E-state index in [-0.39, 0.29) is 18.9 Å². The second-order valence-corrected chi connectivity index (χ2v) is 6.76. The number of primary sulfonamides is 1. The molecule has 1 amide bonds. The van der Waals surface area contributed by atoms with Crippen molar-refractivity contribution >= 4 is 32.4 Å². The molecule has 20 heavy (non-hydrogen) atoms. The number of hydrogen-bond donors (Lipinski definition) is 1. The molecular formula is C14H14N2O3S. The molecule has 2 aromatic rings. The van der Waals surface area contributed by atoms with Crippen LogP contribution in [-0.4, -0.2) is 26.1 Å². The van der Waals surface area contributed by atoms with Crippen LogP contribution in [0.15, 0.2) is 42.5 Å². The molecule has 1 aliphatic rings. The maximum atomic E-state index is 12.1. The normalized spacial score (nSPS) is 19.8. The van der Waals surface area contributed by atoms with Gasteiger partial charge in [0.05, 0.1) is 5.69 Å². The predicted molar refractivity (Wildman–Crippen MR) is 77.8 cm³/mol. The molecule has 0 aromatic heterocycles. The van der Waals surface area contributed by atoms with Crippen LogP contribution >= 0.6 is 0 Å². The Hall–Kier alpha value is -1.92. The molecular weight excluding hydrogens is 276 g/mol. The third-order valence-electron chi connectivity index (χ3n) is 3.61. The number of rotatable bonds is 2. The minimum atomic E-state index is -3.69. The summed E-state index contributed by atoms with van der Waals surface area (Å²) in [5.41, 5.74) is 0.735. The molecule has 0 saturated carbocycles. The second kappa shape index (κ2) is 4.57. The van der Waals surface area contributed by atoms with Gasteiger partial charge in [-0.05, 0) is 11.5 Å². The Morgan fingerprint density at radius 2 is 1.80 bits per heavy atom. The van der Waals surface area contributed by atoms with E-state index >= 15 is 0 Å². The van der Waals surface area contributed by atoms with E-state index in [0.29, 0.717) is 0 Å². The van der Waals surface area contributed by atoms with Crippen LogP contribution < -0.4 is 10.0 Å². The summed E-state index contributed by atoms with van der Waals surface area (Å²) < 4.78 is 22.8. The van der Waals surface area contributed by atoms with E-state index in [1.807, 2.05) is 42.5 Å². The molecule has 1 saturated heterocycles. The van der Waals surface area contributed by atoms with Crippen molar-refractivity contribution in [1.82, 2.24) is 0 Å². The smallest absolute Gasteiger partial charge is 0.228 e. The summed E-state index contributed by atoms with van der Waals surface area (Å²) in [4.78, 5) is 13.6. The van der Waals surface area contributed by atoms with E-state index in [1.165, 1.54) is 4.90 Å². The average molecular weight is 290 g/mol. The Balaban J connectivity index is 2.06. The summed E-state index contributed by atoms with van der Waals surface area (Å²) in [6, 6.07) is 13.3. The number of anilines is 1. The minimum Gasteiger partial charge on any atom is -0.310 e. The number of nitrogens with zero attached hydrogens (tertiary/aromatic N) is 1. The van der Waals surface area contributed by atoms with Crippen molar-refractivity contribution in [1.29, 1.82) is 0 Å². The van der Waals surface area contributed by atoms with Gasteiger partial charge in [-0.25, -0.2) is 13.6 Å². The quantitative estimate of drug-likeness (QED) is 0.903. The number of carbonyl (C=O) groups excluding carboxylic acids is 1. The maximum Gasteiger partial charge on any atom is 0.228 e. The largest absolute Gasteiger partial charge is 0.310 e. The highest BCUT2D eigenvalue weighted by molar-refractivity contribution is 7.89. The van der Waals surface area contributed by atoms with Gasteiger partial charge in [-0.15, -0.1) is 0 Å². The fraction of sp³-hybridized carbons (Fsp3) is 0.214. The summed E-state index contributed by atoms with van der Waals surface area (Å²) in [6.07, 6.45) is -0.0535. The summed E-state index contributed by atoms with van der Waals surface area (Å²) in [5, 5.41) is 6.26. The number of sulfonamides is 1. The van der Waals surface area contributed by atoms with Gasteiger partial charge in [0.25, 0.3) is 0 Å². The van der Waals surface area contributed by atoms with Gasteiger partial charge in [0.15, 0.2) is 0 Å². The highest BCUT2D eigenvalue weighted by Crippen LogP contribution is 2.30. The zero-order chi connectivity index (χ0) is 14.3. The van der Waals surface area contributed by atoms with Crippen molar-refractivity contribution in [2.24, 2.45) is 5.14 Å².